The monoisotopic (exact) mass is 379 g/mol. The summed E-state index contributed by atoms with van der Waals surface area (Å²) in [4.78, 5) is 4.39. The van der Waals surface area contributed by atoms with Crippen LogP contribution in [0.2, 0.25) is 0 Å². The quantitative estimate of drug-likeness (QED) is 0.797. The topological polar surface area (TPSA) is 55.4 Å². The first-order chi connectivity index (χ1) is 10.6. The van der Waals surface area contributed by atoms with Crippen LogP contribution >= 0.6 is 28.1 Å². The molecule has 0 spiro atoms. The van der Waals surface area contributed by atoms with Gasteiger partial charge in [0.25, 0.3) is 0 Å². The third-order valence-corrected chi connectivity index (χ3v) is 4.24. The van der Waals surface area contributed by atoms with E-state index in [1.807, 2.05) is 37.3 Å². The molecule has 0 atom stereocenters. The second-order valence-corrected chi connectivity index (χ2v) is 6.02. The Labute approximate surface area is 142 Å². The molecule has 0 saturated carbocycles. The normalized spacial score (nSPS) is 12.1. The molecule has 22 heavy (non-hydrogen) atoms. The number of thiocarbonyl (C=S) groups is 1. The second kappa shape index (κ2) is 6.50. The van der Waals surface area contributed by atoms with E-state index in [1.165, 1.54) is 0 Å². The number of pyridine rings is 1. The average molecular weight is 380 g/mol. The van der Waals surface area contributed by atoms with Crippen LogP contribution in [0.3, 0.4) is 0 Å². The Morgan fingerprint density at radius 1 is 1.27 bits per heavy atom. The zero-order valence-corrected chi connectivity index (χ0v) is 14.3. The molecule has 1 aliphatic heterocycles. The highest BCUT2D eigenvalue weighted by Gasteiger charge is 2.13. The average Bonchev–Trinajstić information content (AvgIpc) is 2.96. The molecule has 1 aromatic heterocycles. The minimum atomic E-state index is 0.279. The van der Waals surface area contributed by atoms with Crippen molar-refractivity contribution in [2.45, 2.75) is 13.5 Å². The van der Waals surface area contributed by atoms with Gasteiger partial charge < -0.3 is 20.1 Å². The zero-order chi connectivity index (χ0) is 15.5. The van der Waals surface area contributed by atoms with Gasteiger partial charge in [0, 0.05) is 11.0 Å². The summed E-state index contributed by atoms with van der Waals surface area (Å²) in [6.07, 6.45) is 0. The molecule has 114 valence electrons. The first-order valence-corrected chi connectivity index (χ1v) is 7.88. The molecule has 0 amide bonds. The Bertz CT molecular complexity index is 724. The summed E-state index contributed by atoms with van der Waals surface area (Å²) in [5.41, 5.74) is 1.97. The van der Waals surface area contributed by atoms with Gasteiger partial charge in [-0.2, -0.15) is 0 Å². The summed E-state index contributed by atoms with van der Waals surface area (Å²) in [5, 5.41) is 6.73. The highest BCUT2D eigenvalue weighted by Crippen LogP contribution is 2.32. The predicted molar refractivity (Wildman–Crippen MR) is 92.3 cm³/mol. The maximum atomic E-state index is 5.35. The van der Waals surface area contributed by atoms with Gasteiger partial charge in [-0.3, -0.25) is 0 Å². The molecule has 0 fully saturated rings. The first-order valence-electron chi connectivity index (χ1n) is 6.68. The van der Waals surface area contributed by atoms with Crippen LogP contribution in [0.4, 0.5) is 5.82 Å². The lowest BCUT2D eigenvalue weighted by Gasteiger charge is -2.11. The third-order valence-electron chi connectivity index (χ3n) is 3.15. The standard InChI is InChI=1S/C15H14BrN3O2S/c1-9-11(16)3-5-14(18-9)19-15(22)17-7-10-2-4-12-13(6-10)21-8-20-12/h2-6H,7-8H2,1H3,(H2,17,18,19,22). The van der Waals surface area contributed by atoms with E-state index in [-0.39, 0.29) is 6.79 Å². The van der Waals surface area contributed by atoms with Gasteiger partial charge in [-0.05, 0) is 64.9 Å². The molecule has 2 heterocycles. The molecule has 1 aromatic carbocycles. The number of anilines is 1. The largest absolute Gasteiger partial charge is 0.454 e. The van der Waals surface area contributed by atoms with Crippen molar-refractivity contribution >= 4 is 39.1 Å². The maximum Gasteiger partial charge on any atom is 0.231 e. The number of nitrogens with zero attached hydrogens (tertiary/aromatic N) is 1. The van der Waals surface area contributed by atoms with Crippen molar-refractivity contribution in [3.63, 3.8) is 0 Å². The molecule has 0 aliphatic carbocycles. The van der Waals surface area contributed by atoms with Crippen molar-refractivity contribution in [2.75, 3.05) is 12.1 Å². The lowest BCUT2D eigenvalue weighted by atomic mass is 10.2. The van der Waals surface area contributed by atoms with Gasteiger partial charge in [0.1, 0.15) is 5.82 Å². The number of hydrogen-bond donors (Lipinski definition) is 2. The lowest BCUT2D eigenvalue weighted by Crippen LogP contribution is -2.28. The number of halogens is 1. The van der Waals surface area contributed by atoms with Crippen molar-refractivity contribution in [2.24, 2.45) is 0 Å². The fraction of sp³-hybridized carbons (Fsp3) is 0.200. The molecule has 0 radical (unpaired) electrons. The van der Waals surface area contributed by atoms with Gasteiger partial charge in [-0.25, -0.2) is 4.98 Å². The number of benzene rings is 1. The van der Waals surface area contributed by atoms with Crippen molar-refractivity contribution < 1.29 is 9.47 Å². The van der Waals surface area contributed by atoms with Crippen LogP contribution in [0.5, 0.6) is 11.5 Å². The molecule has 3 rings (SSSR count). The SMILES string of the molecule is Cc1nc(NC(=S)NCc2ccc3c(c2)OCO3)ccc1Br. The van der Waals surface area contributed by atoms with Crippen molar-refractivity contribution in [1.29, 1.82) is 0 Å². The van der Waals surface area contributed by atoms with E-state index < -0.39 is 0 Å². The number of nitrogens with one attached hydrogen (secondary N) is 2. The molecular weight excluding hydrogens is 366 g/mol. The van der Waals surface area contributed by atoms with Gasteiger partial charge in [-0.1, -0.05) is 6.07 Å². The van der Waals surface area contributed by atoms with Gasteiger partial charge in [0.05, 0.1) is 5.69 Å². The number of ether oxygens (including phenoxy) is 2. The highest BCUT2D eigenvalue weighted by molar-refractivity contribution is 9.10. The second-order valence-electron chi connectivity index (χ2n) is 4.76. The van der Waals surface area contributed by atoms with Crippen LogP contribution in [-0.2, 0) is 6.54 Å². The molecule has 1 aliphatic rings. The molecule has 2 aromatic rings. The van der Waals surface area contributed by atoms with Gasteiger partial charge in [-0.15, -0.1) is 0 Å². The van der Waals surface area contributed by atoms with E-state index >= 15 is 0 Å². The zero-order valence-electron chi connectivity index (χ0n) is 11.9. The fourth-order valence-electron chi connectivity index (χ4n) is 2.01. The summed E-state index contributed by atoms with van der Waals surface area (Å²) in [7, 11) is 0. The molecule has 7 heteroatoms. The predicted octanol–water partition coefficient (Wildman–Crippen LogP) is 3.37. The number of fused-ring (bicyclic) bond motifs is 1. The fourth-order valence-corrected chi connectivity index (χ4v) is 2.40. The third kappa shape index (κ3) is 3.48. The van der Waals surface area contributed by atoms with Crippen LogP contribution in [0, 0.1) is 6.92 Å². The first kappa shape index (κ1) is 15.1. The van der Waals surface area contributed by atoms with E-state index in [1.54, 1.807) is 0 Å². The van der Waals surface area contributed by atoms with E-state index in [0.717, 1.165) is 27.2 Å². The van der Waals surface area contributed by atoms with Crippen molar-refractivity contribution in [3.8, 4) is 11.5 Å². The summed E-state index contributed by atoms with van der Waals surface area (Å²) in [5.74, 6) is 2.26. The smallest absolute Gasteiger partial charge is 0.231 e. The lowest BCUT2D eigenvalue weighted by molar-refractivity contribution is 0.174. The Kier molecular flexibility index (Phi) is 4.44. The van der Waals surface area contributed by atoms with Gasteiger partial charge in [0.15, 0.2) is 16.6 Å². The summed E-state index contributed by atoms with van der Waals surface area (Å²) >= 11 is 8.70. The summed E-state index contributed by atoms with van der Waals surface area (Å²) < 4.78 is 11.6. The van der Waals surface area contributed by atoms with Crippen molar-refractivity contribution in [3.05, 3.63) is 46.1 Å². The van der Waals surface area contributed by atoms with Crippen LogP contribution in [-0.4, -0.2) is 16.9 Å². The summed E-state index contributed by atoms with van der Waals surface area (Å²) in [6, 6.07) is 9.62. The van der Waals surface area contributed by atoms with E-state index in [2.05, 4.69) is 31.5 Å². The number of rotatable bonds is 3. The van der Waals surface area contributed by atoms with E-state index in [4.69, 9.17) is 21.7 Å². The highest BCUT2D eigenvalue weighted by atomic mass is 79.9. The summed E-state index contributed by atoms with van der Waals surface area (Å²) in [6.45, 7) is 2.80. The Hall–Kier alpha value is -1.86. The van der Waals surface area contributed by atoms with Gasteiger partial charge >= 0.3 is 0 Å². The van der Waals surface area contributed by atoms with Gasteiger partial charge in [0.2, 0.25) is 6.79 Å². The number of aryl methyl sites for hydroxylation is 1. The maximum absolute atomic E-state index is 5.35. The minimum absolute atomic E-state index is 0.279. The minimum Gasteiger partial charge on any atom is -0.454 e. The Morgan fingerprint density at radius 3 is 2.91 bits per heavy atom. The molecule has 0 unspecified atom stereocenters. The molecule has 0 saturated heterocycles. The van der Waals surface area contributed by atoms with Crippen LogP contribution in [0.15, 0.2) is 34.8 Å². The van der Waals surface area contributed by atoms with E-state index in [0.29, 0.717) is 17.5 Å². The molecular formula is C15H14BrN3O2S. The number of aromatic nitrogens is 1. The van der Waals surface area contributed by atoms with Crippen molar-refractivity contribution in [1.82, 2.24) is 10.3 Å². The molecule has 0 bridgehead atoms. The van der Waals surface area contributed by atoms with Crippen LogP contribution in [0.1, 0.15) is 11.3 Å². The molecule has 2 N–H and O–H groups in total. The van der Waals surface area contributed by atoms with E-state index in [9.17, 15) is 0 Å². The van der Waals surface area contributed by atoms with Crippen LogP contribution < -0.4 is 20.1 Å². The Balaban J connectivity index is 1.57. The Morgan fingerprint density at radius 2 is 2.09 bits per heavy atom. The van der Waals surface area contributed by atoms with Crippen LogP contribution in [0.25, 0.3) is 0 Å². The molecule has 5 nitrogen and oxygen atoms in total. The number of hydrogen-bond acceptors (Lipinski definition) is 4.